The minimum Gasteiger partial charge on any atom is -0.396 e. The largest absolute Gasteiger partial charge is 0.396 e. The molecule has 0 saturated heterocycles. The van der Waals surface area contributed by atoms with E-state index in [4.69, 9.17) is 9.84 Å². The Morgan fingerprint density at radius 3 is 2.93 bits per heavy atom. The smallest absolute Gasteiger partial charge is 0.246 e. The second-order valence-corrected chi connectivity index (χ2v) is 4.29. The van der Waals surface area contributed by atoms with Gasteiger partial charge in [-0.2, -0.15) is 0 Å². The molecule has 2 N–H and O–H groups in total. The van der Waals surface area contributed by atoms with Gasteiger partial charge in [0.15, 0.2) is 0 Å². The summed E-state index contributed by atoms with van der Waals surface area (Å²) in [4.78, 5) is 11.3. The lowest BCUT2D eigenvalue weighted by Crippen LogP contribution is -2.35. The molecule has 4 nitrogen and oxygen atoms in total. The molecule has 0 bridgehead atoms. The van der Waals surface area contributed by atoms with Crippen LogP contribution >= 0.6 is 0 Å². The molecule has 0 heterocycles. The lowest BCUT2D eigenvalue weighted by molar-refractivity contribution is -0.126. The number of ether oxygens (including phenoxy) is 1. The first-order valence-electron chi connectivity index (χ1n) is 5.70. The molecule has 1 fully saturated rings. The van der Waals surface area contributed by atoms with E-state index < -0.39 is 0 Å². The van der Waals surface area contributed by atoms with Crippen LogP contribution in [0.5, 0.6) is 0 Å². The summed E-state index contributed by atoms with van der Waals surface area (Å²) in [7, 11) is 0. The van der Waals surface area contributed by atoms with Crippen LogP contribution in [0.3, 0.4) is 0 Å². The number of carbonyl (C=O) groups excluding carboxylic acids is 1. The van der Waals surface area contributed by atoms with Crippen molar-refractivity contribution in [1.82, 2.24) is 5.32 Å². The maximum atomic E-state index is 11.3. The average molecular weight is 215 g/mol. The van der Waals surface area contributed by atoms with Crippen LogP contribution in [0.4, 0.5) is 0 Å². The quantitative estimate of drug-likeness (QED) is 0.626. The fourth-order valence-corrected chi connectivity index (χ4v) is 1.39. The highest BCUT2D eigenvalue weighted by Gasteiger charge is 2.21. The first-order valence-corrected chi connectivity index (χ1v) is 5.70. The summed E-state index contributed by atoms with van der Waals surface area (Å²) in [6.45, 7) is 3.01. The first-order chi connectivity index (χ1) is 7.22. The molecule has 1 atom stereocenters. The zero-order valence-corrected chi connectivity index (χ0v) is 9.37. The van der Waals surface area contributed by atoms with E-state index in [9.17, 15) is 4.79 Å². The molecule has 0 aliphatic heterocycles. The summed E-state index contributed by atoms with van der Waals surface area (Å²) < 4.78 is 5.26. The van der Waals surface area contributed by atoms with Crippen molar-refractivity contribution in [3.05, 3.63) is 0 Å². The molecule has 1 rings (SSSR count). The summed E-state index contributed by atoms with van der Waals surface area (Å²) >= 11 is 0. The van der Waals surface area contributed by atoms with Crippen molar-refractivity contribution in [3.8, 4) is 0 Å². The Labute approximate surface area is 91.0 Å². The molecular weight excluding hydrogens is 194 g/mol. The van der Waals surface area contributed by atoms with Gasteiger partial charge in [0, 0.05) is 12.6 Å². The van der Waals surface area contributed by atoms with E-state index in [-0.39, 0.29) is 25.2 Å². The van der Waals surface area contributed by atoms with Crippen molar-refractivity contribution >= 4 is 5.91 Å². The van der Waals surface area contributed by atoms with E-state index in [1.165, 1.54) is 12.8 Å². The minimum atomic E-state index is -0.0545. The van der Waals surface area contributed by atoms with Crippen LogP contribution in [0, 0.1) is 5.92 Å². The number of hydrogen-bond acceptors (Lipinski definition) is 3. The number of hydrogen-bond donors (Lipinski definition) is 2. The molecule has 0 spiro atoms. The molecule has 1 saturated carbocycles. The van der Waals surface area contributed by atoms with E-state index in [2.05, 4.69) is 5.32 Å². The maximum absolute atomic E-state index is 11.3. The molecule has 1 aliphatic rings. The van der Waals surface area contributed by atoms with Crippen molar-refractivity contribution < 1.29 is 14.6 Å². The monoisotopic (exact) mass is 215 g/mol. The molecule has 0 aromatic heterocycles. The molecule has 0 radical (unpaired) electrons. The fourth-order valence-electron chi connectivity index (χ4n) is 1.39. The summed E-state index contributed by atoms with van der Waals surface area (Å²) in [5.41, 5.74) is 0. The topological polar surface area (TPSA) is 58.6 Å². The number of aliphatic hydroxyl groups is 1. The van der Waals surface area contributed by atoms with Crippen molar-refractivity contribution in [2.24, 2.45) is 5.92 Å². The molecule has 1 unspecified atom stereocenters. The predicted octanol–water partition coefficient (Wildman–Crippen LogP) is 0.690. The van der Waals surface area contributed by atoms with Crippen LogP contribution < -0.4 is 5.32 Å². The van der Waals surface area contributed by atoms with Gasteiger partial charge in [0.2, 0.25) is 5.91 Å². The van der Waals surface area contributed by atoms with Crippen LogP contribution in [0.2, 0.25) is 0 Å². The van der Waals surface area contributed by atoms with Gasteiger partial charge in [-0.15, -0.1) is 0 Å². The minimum absolute atomic E-state index is 0.0545. The highest BCUT2D eigenvalue weighted by Crippen LogP contribution is 2.28. The lowest BCUT2D eigenvalue weighted by atomic mass is 10.2. The zero-order chi connectivity index (χ0) is 11.1. The predicted molar refractivity (Wildman–Crippen MR) is 57.5 cm³/mol. The molecule has 1 amide bonds. The number of carbonyl (C=O) groups is 1. The van der Waals surface area contributed by atoms with E-state index in [0.29, 0.717) is 5.92 Å². The summed E-state index contributed by atoms with van der Waals surface area (Å²) in [6.07, 6.45) is 4.03. The van der Waals surface area contributed by atoms with E-state index >= 15 is 0 Å². The third-order valence-corrected chi connectivity index (χ3v) is 2.49. The lowest BCUT2D eigenvalue weighted by Gasteiger charge is -2.13. The standard InChI is InChI=1S/C11H21NO3/c1-9(3-2-6-13)12-11(14)8-15-7-10-4-5-10/h9-10,13H,2-8H2,1H3,(H,12,14). The number of amides is 1. The average Bonchev–Trinajstić information content (AvgIpc) is 2.98. The van der Waals surface area contributed by atoms with Crippen molar-refractivity contribution in [2.75, 3.05) is 19.8 Å². The van der Waals surface area contributed by atoms with Crippen molar-refractivity contribution in [1.29, 1.82) is 0 Å². The first kappa shape index (κ1) is 12.5. The third kappa shape index (κ3) is 6.47. The number of aliphatic hydroxyl groups excluding tert-OH is 1. The summed E-state index contributed by atoms with van der Waals surface area (Å²) in [5, 5.41) is 11.5. The molecule has 88 valence electrons. The van der Waals surface area contributed by atoms with Crippen molar-refractivity contribution in [3.63, 3.8) is 0 Å². The van der Waals surface area contributed by atoms with E-state index in [1.807, 2.05) is 6.92 Å². The van der Waals surface area contributed by atoms with Gasteiger partial charge in [0.05, 0.1) is 6.61 Å². The SMILES string of the molecule is CC(CCCO)NC(=O)COCC1CC1. The van der Waals surface area contributed by atoms with E-state index in [0.717, 1.165) is 19.4 Å². The second kappa shape index (κ2) is 6.80. The Morgan fingerprint density at radius 2 is 2.33 bits per heavy atom. The van der Waals surface area contributed by atoms with Crippen LogP contribution in [0.25, 0.3) is 0 Å². The fraction of sp³-hybridized carbons (Fsp3) is 0.909. The highest BCUT2D eigenvalue weighted by atomic mass is 16.5. The van der Waals surface area contributed by atoms with Gasteiger partial charge in [-0.05, 0) is 38.5 Å². The molecule has 0 aromatic rings. The van der Waals surface area contributed by atoms with Gasteiger partial charge in [-0.1, -0.05) is 0 Å². The van der Waals surface area contributed by atoms with Crippen LogP contribution in [-0.4, -0.2) is 36.9 Å². The van der Waals surface area contributed by atoms with Gasteiger partial charge < -0.3 is 15.2 Å². The van der Waals surface area contributed by atoms with Crippen LogP contribution in [0.1, 0.15) is 32.6 Å². The Hall–Kier alpha value is -0.610. The summed E-state index contributed by atoms with van der Waals surface area (Å²) in [5.74, 6) is 0.644. The summed E-state index contributed by atoms with van der Waals surface area (Å²) in [6, 6.07) is 0.120. The molecule has 15 heavy (non-hydrogen) atoms. The van der Waals surface area contributed by atoms with Gasteiger partial charge in [0.1, 0.15) is 6.61 Å². The van der Waals surface area contributed by atoms with Gasteiger partial charge in [-0.3, -0.25) is 4.79 Å². The molecule has 4 heteroatoms. The zero-order valence-electron chi connectivity index (χ0n) is 9.37. The Bertz CT molecular complexity index is 192. The number of nitrogens with one attached hydrogen (secondary N) is 1. The Balaban J connectivity index is 1.95. The van der Waals surface area contributed by atoms with Crippen LogP contribution in [-0.2, 0) is 9.53 Å². The van der Waals surface area contributed by atoms with Gasteiger partial charge in [0.25, 0.3) is 0 Å². The molecule has 0 aromatic carbocycles. The molecular formula is C11H21NO3. The maximum Gasteiger partial charge on any atom is 0.246 e. The number of rotatable bonds is 8. The third-order valence-electron chi connectivity index (χ3n) is 2.49. The highest BCUT2D eigenvalue weighted by molar-refractivity contribution is 5.77. The molecule has 1 aliphatic carbocycles. The van der Waals surface area contributed by atoms with Crippen molar-refractivity contribution in [2.45, 2.75) is 38.6 Å². The van der Waals surface area contributed by atoms with Crippen LogP contribution in [0.15, 0.2) is 0 Å². The van der Waals surface area contributed by atoms with E-state index in [1.54, 1.807) is 0 Å². The normalized spacial score (nSPS) is 17.5. The van der Waals surface area contributed by atoms with Gasteiger partial charge in [-0.25, -0.2) is 0 Å². The Morgan fingerprint density at radius 1 is 1.60 bits per heavy atom. The second-order valence-electron chi connectivity index (χ2n) is 4.29. The van der Waals surface area contributed by atoms with Gasteiger partial charge >= 0.3 is 0 Å². The Kier molecular flexibility index (Phi) is 5.65.